The third-order valence-corrected chi connectivity index (χ3v) is 13.1. The van der Waals surface area contributed by atoms with Crippen LogP contribution < -0.4 is 10.6 Å². The van der Waals surface area contributed by atoms with Crippen molar-refractivity contribution in [2.45, 2.75) is 55.6 Å². The Hall–Kier alpha value is -4.71. The van der Waals surface area contributed by atoms with E-state index in [1.165, 1.54) is 21.8 Å². The Labute approximate surface area is 353 Å². The van der Waals surface area contributed by atoms with Crippen molar-refractivity contribution < 1.29 is 55.4 Å². The van der Waals surface area contributed by atoms with E-state index < -0.39 is 87.8 Å². The highest BCUT2D eigenvalue weighted by molar-refractivity contribution is 8.44. The van der Waals surface area contributed by atoms with Gasteiger partial charge in [-0.25, -0.2) is 43.2 Å². The number of hydrogen-bond acceptors (Lipinski definition) is 16. The summed E-state index contributed by atoms with van der Waals surface area (Å²) < 4.78 is 83.9. The average Bonchev–Trinajstić information content (AvgIpc) is 4.02. The number of carbonyl (C=O) groups is 2. The maximum absolute atomic E-state index is 16.6. The van der Waals surface area contributed by atoms with Crippen molar-refractivity contribution in [1.82, 2.24) is 39.0 Å². The summed E-state index contributed by atoms with van der Waals surface area (Å²) in [6.45, 7) is -9.90. The molecule has 3 aliphatic heterocycles. The maximum Gasteiger partial charge on any atom is 0.386 e. The number of aromatic nitrogens is 8. The lowest BCUT2D eigenvalue weighted by atomic mass is 10.1. The molecule has 7 heterocycles. The smallest absolute Gasteiger partial charge is 0.349 e. The second-order valence-corrected chi connectivity index (χ2v) is 19.4. The Morgan fingerprint density at radius 3 is 1.75 bits per heavy atom. The minimum Gasteiger partial charge on any atom is -0.349 e. The van der Waals surface area contributed by atoms with E-state index in [1.54, 1.807) is 60.7 Å². The number of hydrogen-bond donors (Lipinski definition) is 4. The second-order valence-electron chi connectivity index (χ2n) is 13.7. The number of nitrogens with one attached hydrogen (secondary N) is 2. The van der Waals surface area contributed by atoms with Gasteiger partial charge in [0.2, 0.25) is 0 Å². The number of ether oxygens (including phenoxy) is 2. The van der Waals surface area contributed by atoms with Crippen LogP contribution >= 0.6 is 25.8 Å². The average molecular weight is 917 g/mol. The minimum atomic E-state index is -4.51. The zero-order valence-corrected chi connectivity index (χ0v) is 34.5. The van der Waals surface area contributed by atoms with Gasteiger partial charge in [-0.2, -0.15) is 0 Å². The van der Waals surface area contributed by atoms with E-state index in [0.29, 0.717) is 11.1 Å². The molecule has 318 valence electrons. The van der Waals surface area contributed by atoms with Crippen molar-refractivity contribution in [1.29, 1.82) is 0 Å². The first-order chi connectivity index (χ1) is 29.4. The first-order valence-corrected chi connectivity index (χ1v) is 23.6. The first-order valence-electron chi connectivity index (χ1n) is 18.3. The molecule has 61 heavy (non-hydrogen) atoms. The standard InChI is InChI=1S/C35H32F2N10O10P2S2/c36-22-26-20(54-34(22)46-16-42-24-28(38-14-40-30(24)46)44-32(48)18-7-3-1-4-8-18)11-12-52-58(50,60)57-27-21(13-53-59(51,61)56-26)55-35(23(27)37)47-17-43-25-29(39-15-41-31(25)47)45-33(49)19-9-5-2-6-10-19/h1-10,14-17,20-23,26-27,34-35H,11-13H2,(H,50,60)(H,51,61)(H,38,40,44,48)(H,39,41,45,49)/t20-,21-,22-,23-,26-,27-,34-,35-,58?,59?/m1/s1. The lowest BCUT2D eigenvalue weighted by Gasteiger charge is -2.25. The topological polar surface area (TPSA) is 238 Å². The molecule has 9 rings (SSSR count). The molecule has 2 aromatic carbocycles. The van der Waals surface area contributed by atoms with Crippen LogP contribution in [0.25, 0.3) is 22.3 Å². The molecule has 2 unspecified atom stereocenters. The summed E-state index contributed by atoms with van der Waals surface area (Å²) in [5.41, 5.74) is 1.09. The van der Waals surface area contributed by atoms with E-state index >= 15 is 8.78 Å². The fraction of sp³-hybridized carbons (Fsp3) is 0.314. The lowest BCUT2D eigenvalue weighted by molar-refractivity contribution is -0.0427. The molecule has 6 aromatic rings. The minimum absolute atomic E-state index is 0.0368. The molecule has 20 nitrogen and oxygen atoms in total. The van der Waals surface area contributed by atoms with E-state index in [4.69, 9.17) is 39.4 Å². The van der Waals surface area contributed by atoms with E-state index in [1.807, 2.05) is 0 Å². The van der Waals surface area contributed by atoms with Gasteiger partial charge in [-0.1, -0.05) is 48.6 Å². The normalized spacial score (nSPS) is 30.8. The van der Waals surface area contributed by atoms with Gasteiger partial charge in [0.25, 0.3) is 11.8 Å². The van der Waals surface area contributed by atoms with Gasteiger partial charge in [0.15, 0.2) is 58.8 Å². The number of nitrogens with zero attached hydrogens (tertiary/aromatic N) is 8. The van der Waals surface area contributed by atoms with E-state index in [-0.39, 0.29) is 40.4 Å². The Morgan fingerprint density at radius 2 is 1.23 bits per heavy atom. The predicted molar refractivity (Wildman–Crippen MR) is 216 cm³/mol. The Balaban J connectivity index is 0.938. The Bertz CT molecular complexity index is 2710. The summed E-state index contributed by atoms with van der Waals surface area (Å²) in [5.74, 6) is -0.852. The zero-order chi connectivity index (χ0) is 42.5. The highest BCUT2D eigenvalue weighted by Gasteiger charge is 2.53. The third kappa shape index (κ3) is 8.45. The molecule has 3 N–H and O–H groups in total. The molecular weight excluding hydrogens is 885 g/mol. The van der Waals surface area contributed by atoms with E-state index in [2.05, 4.69) is 52.8 Å². The van der Waals surface area contributed by atoms with E-state index in [9.17, 15) is 19.0 Å². The van der Waals surface area contributed by atoms with Gasteiger partial charge in [0.1, 0.15) is 31.0 Å². The van der Waals surface area contributed by atoms with Crippen LogP contribution in [-0.4, -0.2) is 106 Å². The lowest BCUT2D eigenvalue weighted by Crippen LogP contribution is -2.34. The highest BCUT2D eigenvalue weighted by Crippen LogP contribution is 2.58. The van der Waals surface area contributed by atoms with Crippen LogP contribution in [-0.2, 0) is 43.9 Å². The summed E-state index contributed by atoms with van der Waals surface area (Å²) in [6.07, 6.45) is -8.53. The predicted octanol–water partition coefficient (Wildman–Crippen LogP) is 5.10. The van der Waals surface area contributed by atoms with Gasteiger partial charge >= 0.3 is 13.5 Å². The van der Waals surface area contributed by atoms with Crippen molar-refractivity contribution in [2.75, 3.05) is 23.8 Å². The molecule has 3 fully saturated rings. The molecule has 4 aromatic heterocycles. The molecule has 26 heteroatoms. The Kier molecular flexibility index (Phi) is 11.5. The summed E-state index contributed by atoms with van der Waals surface area (Å²) in [4.78, 5) is 62.2. The van der Waals surface area contributed by atoms with Crippen molar-refractivity contribution in [3.05, 3.63) is 97.1 Å². The van der Waals surface area contributed by atoms with Gasteiger partial charge < -0.3 is 29.5 Å². The maximum atomic E-state index is 16.6. The number of amides is 2. The monoisotopic (exact) mass is 916 g/mol. The summed E-state index contributed by atoms with van der Waals surface area (Å²) in [5, 5.41) is 5.34. The first kappa shape index (κ1) is 41.6. The third-order valence-electron chi connectivity index (χ3n) is 9.90. The highest BCUT2D eigenvalue weighted by atomic mass is 32.7. The fourth-order valence-corrected chi connectivity index (χ4v) is 10.0. The number of benzene rings is 2. The number of fused-ring (bicyclic) bond motifs is 4. The van der Waals surface area contributed by atoms with Crippen LogP contribution in [0, 0.1) is 0 Å². The molecule has 3 saturated heterocycles. The van der Waals surface area contributed by atoms with E-state index in [0.717, 1.165) is 12.7 Å². The zero-order valence-electron chi connectivity index (χ0n) is 31.0. The van der Waals surface area contributed by atoms with Crippen LogP contribution in [0.15, 0.2) is 86.0 Å². The number of thiol groups is 1. The molecule has 0 radical (unpaired) electrons. The molecule has 3 aliphatic rings. The summed E-state index contributed by atoms with van der Waals surface area (Å²) in [7, 11) is 0. The van der Waals surface area contributed by atoms with Crippen molar-refractivity contribution in [2.24, 2.45) is 0 Å². The quantitative estimate of drug-likeness (QED) is 0.126. The van der Waals surface area contributed by atoms with Crippen LogP contribution in [0.5, 0.6) is 0 Å². The van der Waals surface area contributed by atoms with Crippen LogP contribution in [0.3, 0.4) is 0 Å². The van der Waals surface area contributed by atoms with Gasteiger partial charge in [0.05, 0.1) is 32.0 Å². The molecule has 2 amide bonds. The van der Waals surface area contributed by atoms with Crippen molar-refractivity contribution in [3.8, 4) is 0 Å². The SMILES string of the molecule is O=C(Nc1ncnc2c1ncn2[C@@H]1O[C@@H]2CCOP(O)(=S)O[C@H]3[C@@H](F)[C@H](n4cnc5c(NC(=O)c6ccccc6)ncnc54)O[C@@H]3COP(=O)(S)O[C@H]2[C@H]1F)c1ccccc1. The van der Waals surface area contributed by atoms with Gasteiger partial charge in [-0.15, -0.1) is 0 Å². The second kappa shape index (κ2) is 16.9. The number of carbonyl (C=O) groups excluding carboxylic acids is 2. The number of imidazole rings is 2. The summed E-state index contributed by atoms with van der Waals surface area (Å²) in [6, 6.07) is 16.7. The van der Waals surface area contributed by atoms with Crippen LogP contribution in [0.4, 0.5) is 20.4 Å². The number of halogens is 2. The summed E-state index contributed by atoms with van der Waals surface area (Å²) >= 11 is 9.36. The molecule has 10 atom stereocenters. The molecule has 0 bridgehead atoms. The van der Waals surface area contributed by atoms with Crippen LogP contribution in [0.1, 0.15) is 39.6 Å². The van der Waals surface area contributed by atoms with Gasteiger partial charge in [0, 0.05) is 17.5 Å². The van der Waals surface area contributed by atoms with Crippen molar-refractivity contribution in [3.63, 3.8) is 0 Å². The molecular formula is C35H32F2N10O10P2S2. The van der Waals surface area contributed by atoms with Gasteiger partial charge in [-0.05, 0) is 36.1 Å². The number of anilines is 2. The largest absolute Gasteiger partial charge is 0.386 e. The number of alkyl halides is 2. The van der Waals surface area contributed by atoms with Crippen LogP contribution in [0.2, 0.25) is 0 Å². The molecule has 0 aliphatic carbocycles. The molecule has 0 saturated carbocycles. The number of rotatable bonds is 6. The van der Waals surface area contributed by atoms with Gasteiger partial charge in [-0.3, -0.25) is 32.3 Å². The Morgan fingerprint density at radius 1 is 0.738 bits per heavy atom. The molecule has 0 spiro atoms. The fourth-order valence-electron chi connectivity index (χ4n) is 7.07. The van der Waals surface area contributed by atoms with Crippen molar-refractivity contribution >= 4 is 83.3 Å².